The van der Waals surface area contributed by atoms with E-state index in [0.717, 1.165) is 0 Å². The Labute approximate surface area is 102 Å². The van der Waals surface area contributed by atoms with Crippen molar-refractivity contribution in [1.82, 2.24) is 9.55 Å². The fourth-order valence-corrected chi connectivity index (χ4v) is 2.67. The van der Waals surface area contributed by atoms with Crippen molar-refractivity contribution in [2.75, 3.05) is 12.4 Å². The molecule has 0 atom stereocenters. The Balaban J connectivity index is 3.01. The zero-order valence-corrected chi connectivity index (χ0v) is 10.9. The van der Waals surface area contributed by atoms with Crippen molar-refractivity contribution in [3.05, 3.63) is 21.1 Å². The largest absolute Gasteiger partial charge is 0.379 e. The SMILES string of the molecule is CNc1sc(C(C)=O)c2nc(C)n(C)c(=O)c12. The molecule has 2 rings (SSSR count). The van der Waals surface area contributed by atoms with Crippen LogP contribution in [-0.2, 0) is 7.05 Å². The van der Waals surface area contributed by atoms with Gasteiger partial charge >= 0.3 is 0 Å². The van der Waals surface area contributed by atoms with Crippen molar-refractivity contribution in [2.45, 2.75) is 13.8 Å². The number of thiophene rings is 1. The summed E-state index contributed by atoms with van der Waals surface area (Å²) in [5.74, 6) is 0.534. The van der Waals surface area contributed by atoms with E-state index in [4.69, 9.17) is 0 Å². The van der Waals surface area contributed by atoms with Gasteiger partial charge in [-0.3, -0.25) is 14.2 Å². The molecule has 0 saturated carbocycles. The summed E-state index contributed by atoms with van der Waals surface area (Å²) in [4.78, 5) is 28.5. The monoisotopic (exact) mass is 251 g/mol. The lowest BCUT2D eigenvalue weighted by Gasteiger charge is -2.03. The highest BCUT2D eigenvalue weighted by Gasteiger charge is 2.19. The summed E-state index contributed by atoms with van der Waals surface area (Å²) in [5.41, 5.74) is 0.382. The van der Waals surface area contributed by atoms with E-state index in [2.05, 4.69) is 10.3 Å². The van der Waals surface area contributed by atoms with Crippen LogP contribution in [0.15, 0.2) is 4.79 Å². The van der Waals surface area contributed by atoms with Crippen LogP contribution in [0.5, 0.6) is 0 Å². The van der Waals surface area contributed by atoms with Crippen LogP contribution < -0.4 is 10.9 Å². The van der Waals surface area contributed by atoms with Crippen LogP contribution in [0.1, 0.15) is 22.4 Å². The fraction of sp³-hybridized carbons (Fsp3) is 0.364. The molecule has 0 aliphatic heterocycles. The number of nitrogens with one attached hydrogen (secondary N) is 1. The van der Waals surface area contributed by atoms with Crippen molar-refractivity contribution >= 4 is 33.0 Å². The Morgan fingerprint density at radius 1 is 1.47 bits per heavy atom. The number of carbonyl (C=O) groups excluding carboxylic acids is 1. The molecule has 0 aromatic carbocycles. The van der Waals surface area contributed by atoms with Crippen molar-refractivity contribution in [3.63, 3.8) is 0 Å². The zero-order valence-electron chi connectivity index (χ0n) is 10.1. The summed E-state index contributed by atoms with van der Waals surface area (Å²) in [5, 5.41) is 4.13. The molecule has 17 heavy (non-hydrogen) atoms. The summed E-state index contributed by atoms with van der Waals surface area (Å²) in [6, 6.07) is 0. The zero-order chi connectivity index (χ0) is 12.7. The van der Waals surface area contributed by atoms with E-state index >= 15 is 0 Å². The summed E-state index contributed by atoms with van der Waals surface area (Å²) in [7, 11) is 3.41. The second-order valence-electron chi connectivity index (χ2n) is 3.81. The molecule has 2 aromatic heterocycles. The van der Waals surface area contributed by atoms with E-state index in [-0.39, 0.29) is 11.3 Å². The lowest BCUT2D eigenvalue weighted by Crippen LogP contribution is -2.20. The molecule has 0 radical (unpaired) electrons. The molecule has 0 saturated heterocycles. The highest BCUT2D eigenvalue weighted by molar-refractivity contribution is 7.20. The first-order valence-electron chi connectivity index (χ1n) is 5.16. The Morgan fingerprint density at radius 3 is 2.65 bits per heavy atom. The summed E-state index contributed by atoms with van der Waals surface area (Å²) in [6.07, 6.45) is 0. The molecule has 2 heterocycles. The van der Waals surface area contributed by atoms with Crippen LogP contribution in [0, 0.1) is 6.92 Å². The molecule has 5 nitrogen and oxygen atoms in total. The number of hydrogen-bond acceptors (Lipinski definition) is 5. The number of nitrogens with zero attached hydrogens (tertiary/aromatic N) is 2. The number of fused-ring (bicyclic) bond motifs is 1. The quantitative estimate of drug-likeness (QED) is 0.822. The van der Waals surface area contributed by atoms with Gasteiger partial charge < -0.3 is 5.32 Å². The van der Waals surface area contributed by atoms with Gasteiger partial charge in [0.25, 0.3) is 5.56 Å². The van der Waals surface area contributed by atoms with Gasteiger partial charge in [-0.1, -0.05) is 0 Å². The predicted molar refractivity (Wildman–Crippen MR) is 69.1 cm³/mol. The van der Waals surface area contributed by atoms with Crippen molar-refractivity contribution < 1.29 is 4.79 Å². The second-order valence-corrected chi connectivity index (χ2v) is 4.83. The molecule has 90 valence electrons. The summed E-state index contributed by atoms with van der Waals surface area (Å²) >= 11 is 1.28. The van der Waals surface area contributed by atoms with Gasteiger partial charge in [-0.15, -0.1) is 11.3 Å². The molecule has 0 aliphatic rings. The second kappa shape index (κ2) is 3.96. The van der Waals surface area contributed by atoms with Gasteiger partial charge in [0.2, 0.25) is 0 Å². The molecule has 0 amide bonds. The molecule has 0 fully saturated rings. The summed E-state index contributed by atoms with van der Waals surface area (Å²) < 4.78 is 1.49. The third-order valence-electron chi connectivity index (χ3n) is 2.71. The third-order valence-corrected chi connectivity index (χ3v) is 4.00. The van der Waals surface area contributed by atoms with Gasteiger partial charge in [-0.05, 0) is 6.92 Å². The van der Waals surface area contributed by atoms with Crippen LogP contribution in [0.2, 0.25) is 0 Å². The topological polar surface area (TPSA) is 64.0 Å². The van der Waals surface area contributed by atoms with Crippen LogP contribution in [-0.4, -0.2) is 22.4 Å². The minimum Gasteiger partial charge on any atom is -0.379 e. The van der Waals surface area contributed by atoms with E-state index in [0.29, 0.717) is 26.6 Å². The maximum Gasteiger partial charge on any atom is 0.264 e. The lowest BCUT2D eigenvalue weighted by atomic mass is 10.2. The molecule has 1 N–H and O–H groups in total. The molecular formula is C11H13N3O2S. The molecule has 0 spiro atoms. The van der Waals surface area contributed by atoms with Crippen molar-refractivity contribution in [1.29, 1.82) is 0 Å². The Morgan fingerprint density at radius 2 is 2.12 bits per heavy atom. The fourth-order valence-electron chi connectivity index (χ4n) is 1.69. The first-order chi connectivity index (χ1) is 7.97. The maximum absolute atomic E-state index is 12.1. The predicted octanol–water partition coefficient (Wildman–Crippen LogP) is 1.55. The van der Waals surface area contributed by atoms with E-state index < -0.39 is 0 Å². The normalized spacial score (nSPS) is 10.8. The van der Waals surface area contributed by atoms with Crippen molar-refractivity contribution in [2.24, 2.45) is 7.05 Å². The van der Waals surface area contributed by atoms with E-state index in [1.807, 2.05) is 0 Å². The van der Waals surface area contributed by atoms with Gasteiger partial charge in [0.1, 0.15) is 21.7 Å². The van der Waals surface area contributed by atoms with E-state index in [1.165, 1.54) is 22.8 Å². The Bertz CT molecular complexity index is 669. The molecule has 0 bridgehead atoms. The standard InChI is InChI=1S/C11H13N3O2S/c1-5(15)9-8-7(10(12-3)17-9)11(16)14(4)6(2)13-8/h12H,1-4H3. The number of carbonyl (C=O) groups is 1. The smallest absolute Gasteiger partial charge is 0.264 e. The van der Waals surface area contributed by atoms with Crippen LogP contribution in [0.4, 0.5) is 5.00 Å². The Hall–Kier alpha value is -1.69. The van der Waals surface area contributed by atoms with E-state index in [1.54, 1.807) is 21.0 Å². The minimum atomic E-state index is -0.124. The van der Waals surface area contributed by atoms with Gasteiger partial charge in [0.15, 0.2) is 5.78 Å². The average Bonchev–Trinajstić information content (AvgIpc) is 2.64. The van der Waals surface area contributed by atoms with Gasteiger partial charge in [-0.2, -0.15) is 0 Å². The number of aryl methyl sites for hydroxylation is 1. The molecule has 0 aliphatic carbocycles. The van der Waals surface area contributed by atoms with Crippen LogP contribution >= 0.6 is 11.3 Å². The minimum absolute atomic E-state index is 0.0679. The van der Waals surface area contributed by atoms with Gasteiger partial charge in [0, 0.05) is 21.0 Å². The Kier molecular flexibility index (Phi) is 2.74. The molecule has 2 aromatic rings. The number of ketones is 1. The lowest BCUT2D eigenvalue weighted by molar-refractivity contribution is 0.102. The first-order valence-corrected chi connectivity index (χ1v) is 5.97. The summed E-state index contributed by atoms with van der Waals surface area (Å²) in [6.45, 7) is 3.24. The number of aromatic nitrogens is 2. The molecular weight excluding hydrogens is 238 g/mol. The van der Waals surface area contributed by atoms with Gasteiger partial charge in [-0.25, -0.2) is 4.98 Å². The van der Waals surface area contributed by atoms with Gasteiger partial charge in [0.05, 0.1) is 4.88 Å². The number of rotatable bonds is 2. The van der Waals surface area contributed by atoms with Crippen molar-refractivity contribution in [3.8, 4) is 0 Å². The molecule has 0 unspecified atom stereocenters. The van der Waals surface area contributed by atoms with Crippen LogP contribution in [0.25, 0.3) is 10.9 Å². The highest BCUT2D eigenvalue weighted by atomic mass is 32.1. The molecule has 6 heteroatoms. The highest BCUT2D eigenvalue weighted by Crippen LogP contribution is 2.32. The number of hydrogen-bond donors (Lipinski definition) is 1. The number of anilines is 1. The maximum atomic E-state index is 12.1. The third kappa shape index (κ3) is 1.64. The van der Waals surface area contributed by atoms with E-state index in [9.17, 15) is 9.59 Å². The number of Topliss-reactive ketones (excluding diaryl/α,β-unsaturated/α-hetero) is 1. The van der Waals surface area contributed by atoms with Crippen LogP contribution in [0.3, 0.4) is 0 Å². The first kappa shape index (κ1) is 11.8. The average molecular weight is 251 g/mol.